The molecule has 0 aliphatic rings. The highest BCUT2D eigenvalue weighted by atomic mass is 32.2. The lowest BCUT2D eigenvalue weighted by Gasteiger charge is -1.87. The molecule has 2 aromatic heterocycles. The van der Waals surface area contributed by atoms with Crippen LogP contribution in [-0.4, -0.2) is 9.97 Å². The number of aromatic nitrogens is 2. The summed E-state index contributed by atoms with van der Waals surface area (Å²) in [5, 5.41) is 2.07. The first-order valence-electron chi connectivity index (χ1n) is 4.77. The average molecular weight is 264 g/mol. The van der Waals surface area contributed by atoms with Gasteiger partial charge >= 0.3 is 0 Å². The molecular weight excluding hydrogens is 256 g/mol. The van der Waals surface area contributed by atoms with Gasteiger partial charge in [-0.25, -0.2) is 9.97 Å². The van der Waals surface area contributed by atoms with Crippen LogP contribution >= 0.6 is 34.4 Å². The van der Waals surface area contributed by atoms with Gasteiger partial charge in [0.25, 0.3) is 0 Å². The highest BCUT2D eigenvalue weighted by Gasteiger charge is 2.07. The van der Waals surface area contributed by atoms with Crippen LogP contribution < -0.4 is 0 Å². The Morgan fingerprint density at radius 3 is 2.75 bits per heavy atom. The highest BCUT2D eigenvalue weighted by Crippen LogP contribution is 2.35. The number of hydrogen-bond donors (Lipinski definition) is 0. The van der Waals surface area contributed by atoms with Crippen LogP contribution in [0.3, 0.4) is 0 Å². The van der Waals surface area contributed by atoms with Gasteiger partial charge in [0.2, 0.25) is 0 Å². The summed E-state index contributed by atoms with van der Waals surface area (Å²) in [4.78, 5) is 8.99. The molecule has 0 unspecified atom stereocenters. The molecule has 80 valence electrons. The normalized spacial score (nSPS) is 11.1. The third kappa shape index (κ3) is 1.98. The van der Waals surface area contributed by atoms with Crippen LogP contribution in [0.4, 0.5) is 0 Å². The SMILES string of the molecule is Cc1csc(Sc2nc3ccccc3s2)n1. The average Bonchev–Trinajstić information content (AvgIpc) is 2.84. The Morgan fingerprint density at radius 1 is 1.12 bits per heavy atom. The molecule has 3 aromatic rings. The summed E-state index contributed by atoms with van der Waals surface area (Å²) in [6.07, 6.45) is 0. The first-order chi connectivity index (χ1) is 7.81. The molecule has 0 radical (unpaired) electrons. The van der Waals surface area contributed by atoms with Gasteiger partial charge in [0.05, 0.1) is 10.2 Å². The molecule has 0 saturated heterocycles. The van der Waals surface area contributed by atoms with E-state index in [4.69, 9.17) is 0 Å². The fourth-order valence-electron chi connectivity index (χ4n) is 1.35. The van der Waals surface area contributed by atoms with Crippen molar-refractivity contribution in [2.75, 3.05) is 0 Å². The summed E-state index contributed by atoms with van der Waals surface area (Å²) in [6.45, 7) is 2.01. The summed E-state index contributed by atoms with van der Waals surface area (Å²) in [5.41, 5.74) is 2.15. The number of hydrogen-bond acceptors (Lipinski definition) is 5. The quantitative estimate of drug-likeness (QED) is 0.693. The lowest BCUT2D eigenvalue weighted by atomic mass is 10.3. The van der Waals surface area contributed by atoms with E-state index >= 15 is 0 Å². The number of nitrogens with zero attached hydrogens (tertiary/aromatic N) is 2. The van der Waals surface area contributed by atoms with Gasteiger partial charge in [0.15, 0.2) is 8.68 Å². The van der Waals surface area contributed by atoms with E-state index in [-0.39, 0.29) is 0 Å². The van der Waals surface area contributed by atoms with E-state index in [1.54, 1.807) is 34.4 Å². The standard InChI is InChI=1S/C11H8N2S3/c1-7-6-14-10(12-7)16-11-13-8-4-2-3-5-9(8)15-11/h2-6H,1H3. The fourth-order valence-corrected chi connectivity index (χ4v) is 4.45. The van der Waals surface area contributed by atoms with E-state index in [0.29, 0.717) is 0 Å². The number of benzene rings is 1. The molecule has 0 N–H and O–H groups in total. The first kappa shape index (κ1) is 10.3. The minimum absolute atomic E-state index is 1.07. The maximum absolute atomic E-state index is 4.57. The third-order valence-corrected chi connectivity index (χ3v) is 5.20. The van der Waals surface area contributed by atoms with E-state index in [0.717, 1.165) is 19.9 Å². The molecule has 0 aliphatic heterocycles. The van der Waals surface area contributed by atoms with Crippen molar-refractivity contribution in [3.8, 4) is 0 Å². The van der Waals surface area contributed by atoms with Crippen molar-refractivity contribution in [1.82, 2.24) is 9.97 Å². The molecular formula is C11H8N2S3. The lowest BCUT2D eigenvalue weighted by Crippen LogP contribution is -1.71. The predicted octanol–water partition coefficient (Wildman–Crippen LogP) is 4.21. The Bertz CT molecular complexity index is 594. The summed E-state index contributed by atoms with van der Waals surface area (Å²) < 4.78 is 3.37. The Kier molecular flexibility index (Phi) is 2.67. The van der Waals surface area contributed by atoms with Crippen molar-refractivity contribution in [3.05, 3.63) is 35.3 Å². The molecule has 0 amide bonds. The number of fused-ring (bicyclic) bond motifs is 1. The maximum atomic E-state index is 4.57. The Morgan fingerprint density at radius 2 is 2.00 bits per heavy atom. The van der Waals surface area contributed by atoms with Crippen molar-refractivity contribution in [2.45, 2.75) is 15.6 Å². The molecule has 16 heavy (non-hydrogen) atoms. The van der Waals surface area contributed by atoms with Crippen LogP contribution in [0, 0.1) is 6.92 Å². The van der Waals surface area contributed by atoms with Gasteiger partial charge in [0.1, 0.15) is 0 Å². The topological polar surface area (TPSA) is 25.8 Å². The Balaban J connectivity index is 1.95. The van der Waals surface area contributed by atoms with E-state index in [9.17, 15) is 0 Å². The molecule has 2 heterocycles. The zero-order chi connectivity index (χ0) is 11.0. The Hall–Kier alpha value is -0.910. The summed E-state index contributed by atoms with van der Waals surface area (Å²) in [6, 6.07) is 8.21. The molecule has 5 heteroatoms. The van der Waals surface area contributed by atoms with Crippen molar-refractivity contribution >= 4 is 44.7 Å². The molecule has 0 fully saturated rings. The molecule has 0 aliphatic carbocycles. The zero-order valence-electron chi connectivity index (χ0n) is 8.51. The van der Waals surface area contributed by atoms with Gasteiger partial charge in [0, 0.05) is 11.1 Å². The fraction of sp³-hybridized carbons (Fsp3) is 0.0909. The van der Waals surface area contributed by atoms with Crippen LogP contribution in [-0.2, 0) is 0 Å². The largest absolute Gasteiger partial charge is 0.235 e. The predicted molar refractivity (Wildman–Crippen MR) is 70.6 cm³/mol. The minimum atomic E-state index is 1.07. The summed E-state index contributed by atoms with van der Waals surface area (Å²) in [7, 11) is 0. The lowest BCUT2D eigenvalue weighted by molar-refractivity contribution is 1.15. The van der Waals surface area contributed by atoms with Crippen LogP contribution in [0.25, 0.3) is 10.2 Å². The van der Waals surface area contributed by atoms with Crippen LogP contribution in [0.1, 0.15) is 5.69 Å². The molecule has 0 atom stereocenters. The molecule has 0 bridgehead atoms. The van der Waals surface area contributed by atoms with Crippen molar-refractivity contribution in [2.24, 2.45) is 0 Å². The number of rotatable bonds is 2. The van der Waals surface area contributed by atoms with E-state index in [1.165, 1.54) is 4.70 Å². The first-order valence-corrected chi connectivity index (χ1v) is 7.28. The smallest absolute Gasteiger partial charge is 0.158 e. The van der Waals surface area contributed by atoms with Crippen LogP contribution in [0.5, 0.6) is 0 Å². The van der Waals surface area contributed by atoms with Crippen molar-refractivity contribution in [3.63, 3.8) is 0 Å². The molecule has 1 aromatic carbocycles. The second-order valence-corrected chi connectivity index (χ2v) is 6.69. The van der Waals surface area contributed by atoms with E-state index < -0.39 is 0 Å². The monoisotopic (exact) mass is 264 g/mol. The Labute approximate surface area is 105 Å². The zero-order valence-corrected chi connectivity index (χ0v) is 11.0. The van der Waals surface area contributed by atoms with Crippen molar-refractivity contribution in [1.29, 1.82) is 0 Å². The van der Waals surface area contributed by atoms with Gasteiger partial charge < -0.3 is 0 Å². The van der Waals surface area contributed by atoms with Crippen LogP contribution in [0.15, 0.2) is 38.3 Å². The third-order valence-electron chi connectivity index (χ3n) is 2.05. The summed E-state index contributed by atoms with van der Waals surface area (Å²) >= 11 is 5.04. The van der Waals surface area contributed by atoms with Crippen LogP contribution in [0.2, 0.25) is 0 Å². The van der Waals surface area contributed by atoms with Gasteiger partial charge in [-0.1, -0.05) is 12.1 Å². The van der Waals surface area contributed by atoms with Crippen molar-refractivity contribution < 1.29 is 0 Å². The van der Waals surface area contributed by atoms with E-state index in [2.05, 4.69) is 21.4 Å². The van der Waals surface area contributed by atoms with Gasteiger partial charge in [-0.05, 0) is 30.8 Å². The van der Waals surface area contributed by atoms with Gasteiger partial charge in [-0.15, -0.1) is 22.7 Å². The number of thiazole rings is 2. The molecule has 2 nitrogen and oxygen atoms in total. The minimum Gasteiger partial charge on any atom is -0.235 e. The summed E-state index contributed by atoms with van der Waals surface area (Å²) in [5.74, 6) is 0. The number of para-hydroxylation sites is 1. The highest BCUT2D eigenvalue weighted by molar-refractivity contribution is 8.02. The molecule has 0 spiro atoms. The molecule has 0 saturated carbocycles. The maximum Gasteiger partial charge on any atom is 0.158 e. The second kappa shape index (κ2) is 4.16. The van der Waals surface area contributed by atoms with Gasteiger partial charge in [-0.2, -0.15) is 0 Å². The van der Waals surface area contributed by atoms with E-state index in [1.807, 2.05) is 25.1 Å². The molecule has 3 rings (SSSR count). The van der Waals surface area contributed by atoms with Gasteiger partial charge in [-0.3, -0.25) is 0 Å². The number of aryl methyl sites for hydroxylation is 1. The second-order valence-electron chi connectivity index (χ2n) is 3.30.